The highest BCUT2D eigenvalue weighted by molar-refractivity contribution is 5.95. The van der Waals surface area contributed by atoms with Crippen LogP contribution in [0.15, 0.2) is 36.4 Å². The molecule has 0 aliphatic rings. The second kappa shape index (κ2) is 9.73. The van der Waals surface area contributed by atoms with Gasteiger partial charge in [-0.05, 0) is 62.2 Å². The molecular weight excluding hydrogens is 346 g/mol. The molecular formula is C21H25NO5. The van der Waals surface area contributed by atoms with Crippen LogP contribution in [0.1, 0.15) is 34.0 Å². The Balaban J connectivity index is 1.96. The summed E-state index contributed by atoms with van der Waals surface area (Å²) >= 11 is 0. The first-order chi connectivity index (χ1) is 12.9. The number of benzene rings is 2. The number of esters is 1. The summed E-state index contributed by atoms with van der Waals surface area (Å²) in [7, 11) is 1.56. The van der Waals surface area contributed by atoms with E-state index in [1.165, 1.54) is 0 Å². The van der Waals surface area contributed by atoms with E-state index in [-0.39, 0.29) is 6.61 Å². The van der Waals surface area contributed by atoms with Crippen LogP contribution >= 0.6 is 0 Å². The molecule has 2 aromatic rings. The summed E-state index contributed by atoms with van der Waals surface area (Å²) < 4.78 is 15.8. The Labute approximate surface area is 159 Å². The van der Waals surface area contributed by atoms with Gasteiger partial charge in [0.15, 0.2) is 6.61 Å². The van der Waals surface area contributed by atoms with Gasteiger partial charge in [-0.25, -0.2) is 4.79 Å². The topological polar surface area (TPSA) is 73.9 Å². The Morgan fingerprint density at radius 1 is 1.04 bits per heavy atom. The molecule has 0 saturated carbocycles. The van der Waals surface area contributed by atoms with Gasteiger partial charge >= 0.3 is 5.97 Å². The van der Waals surface area contributed by atoms with Crippen LogP contribution in [0, 0.1) is 13.8 Å². The Kier molecular flexibility index (Phi) is 7.37. The summed E-state index contributed by atoms with van der Waals surface area (Å²) in [5, 5.41) is 2.72. The van der Waals surface area contributed by atoms with Crippen LogP contribution in [0.2, 0.25) is 0 Å². The summed E-state index contributed by atoms with van der Waals surface area (Å²) in [6, 6.07) is 10.5. The number of carbonyl (C=O) groups is 2. The molecule has 1 amide bonds. The molecule has 0 unspecified atom stereocenters. The SMILES string of the molecule is CCOCc1cc(C(=O)OCC(=O)Nc2ccc(C)c(C)c2)ccc1OC. The standard InChI is InChI=1S/C21H25NO5/c1-5-26-12-17-11-16(7-9-19(17)25-4)21(24)27-13-20(23)22-18-8-6-14(2)15(3)10-18/h6-11H,5,12-13H2,1-4H3,(H,22,23). The van der Waals surface area contributed by atoms with Gasteiger partial charge in [0.1, 0.15) is 5.75 Å². The van der Waals surface area contributed by atoms with Gasteiger partial charge < -0.3 is 19.5 Å². The quantitative estimate of drug-likeness (QED) is 0.717. The van der Waals surface area contributed by atoms with Crippen LogP contribution in [0.5, 0.6) is 5.75 Å². The van der Waals surface area contributed by atoms with Crippen LogP contribution < -0.4 is 10.1 Å². The van der Waals surface area contributed by atoms with E-state index in [1.54, 1.807) is 25.3 Å². The van der Waals surface area contributed by atoms with Crippen molar-refractivity contribution in [1.29, 1.82) is 0 Å². The van der Waals surface area contributed by atoms with Crippen molar-refractivity contribution < 1.29 is 23.8 Å². The highest BCUT2D eigenvalue weighted by Gasteiger charge is 2.13. The highest BCUT2D eigenvalue weighted by atomic mass is 16.5. The molecule has 0 aromatic heterocycles. The second-order valence-electron chi connectivity index (χ2n) is 6.09. The van der Waals surface area contributed by atoms with Crippen LogP contribution in [-0.2, 0) is 20.9 Å². The molecule has 0 spiro atoms. The monoisotopic (exact) mass is 371 g/mol. The average molecular weight is 371 g/mol. The molecule has 2 rings (SSSR count). The predicted octanol–water partition coefficient (Wildman–Crippen LogP) is 3.64. The number of hydrogen-bond donors (Lipinski definition) is 1. The minimum atomic E-state index is -0.578. The van der Waals surface area contributed by atoms with Crippen molar-refractivity contribution in [1.82, 2.24) is 0 Å². The molecule has 6 nitrogen and oxygen atoms in total. The number of amides is 1. The lowest BCUT2D eigenvalue weighted by atomic mass is 10.1. The third-order valence-electron chi connectivity index (χ3n) is 4.10. The minimum Gasteiger partial charge on any atom is -0.496 e. The number of aryl methyl sites for hydroxylation is 2. The summed E-state index contributed by atoms with van der Waals surface area (Å²) in [6.45, 7) is 6.37. The number of rotatable bonds is 8. The van der Waals surface area contributed by atoms with Crippen molar-refractivity contribution >= 4 is 17.6 Å². The summed E-state index contributed by atoms with van der Waals surface area (Å²) in [4.78, 5) is 24.3. The van der Waals surface area contributed by atoms with Crippen molar-refractivity contribution in [2.24, 2.45) is 0 Å². The first-order valence-electron chi connectivity index (χ1n) is 8.73. The van der Waals surface area contributed by atoms with E-state index >= 15 is 0 Å². The van der Waals surface area contributed by atoms with Crippen LogP contribution in [0.3, 0.4) is 0 Å². The fourth-order valence-corrected chi connectivity index (χ4v) is 2.46. The van der Waals surface area contributed by atoms with E-state index < -0.39 is 11.9 Å². The van der Waals surface area contributed by atoms with Crippen molar-refractivity contribution in [2.75, 3.05) is 25.6 Å². The number of nitrogens with one attached hydrogen (secondary N) is 1. The Morgan fingerprint density at radius 3 is 2.48 bits per heavy atom. The second-order valence-corrected chi connectivity index (χ2v) is 6.09. The number of hydrogen-bond acceptors (Lipinski definition) is 5. The van der Waals surface area contributed by atoms with Gasteiger partial charge in [-0.2, -0.15) is 0 Å². The molecule has 6 heteroatoms. The molecule has 1 N–H and O–H groups in total. The molecule has 0 radical (unpaired) electrons. The maximum atomic E-state index is 12.2. The molecule has 2 aromatic carbocycles. The van der Waals surface area contributed by atoms with Gasteiger partial charge in [0.25, 0.3) is 5.91 Å². The molecule has 0 atom stereocenters. The van der Waals surface area contributed by atoms with E-state index in [9.17, 15) is 9.59 Å². The number of carbonyl (C=O) groups excluding carboxylic acids is 2. The maximum Gasteiger partial charge on any atom is 0.338 e. The first-order valence-corrected chi connectivity index (χ1v) is 8.73. The zero-order chi connectivity index (χ0) is 19.8. The first kappa shape index (κ1) is 20.5. The zero-order valence-corrected chi connectivity index (χ0v) is 16.1. The van der Waals surface area contributed by atoms with Gasteiger partial charge in [0.2, 0.25) is 0 Å². The van der Waals surface area contributed by atoms with E-state index in [4.69, 9.17) is 14.2 Å². The molecule has 144 valence electrons. The molecule has 0 heterocycles. The van der Waals surface area contributed by atoms with E-state index in [0.717, 1.165) is 16.7 Å². The Morgan fingerprint density at radius 2 is 1.81 bits per heavy atom. The third-order valence-corrected chi connectivity index (χ3v) is 4.10. The fraction of sp³-hybridized carbons (Fsp3) is 0.333. The van der Waals surface area contributed by atoms with Crippen LogP contribution in [0.4, 0.5) is 5.69 Å². The lowest BCUT2D eigenvalue weighted by Gasteiger charge is -2.11. The minimum absolute atomic E-state index is 0.327. The molecule has 0 fully saturated rings. The maximum absolute atomic E-state index is 12.2. The Bertz CT molecular complexity index is 816. The smallest absolute Gasteiger partial charge is 0.338 e. The lowest BCUT2D eigenvalue weighted by molar-refractivity contribution is -0.119. The number of methoxy groups -OCH3 is 1. The van der Waals surface area contributed by atoms with Crippen molar-refractivity contribution in [2.45, 2.75) is 27.4 Å². The number of anilines is 1. The van der Waals surface area contributed by atoms with Gasteiger partial charge in [0.05, 0.1) is 19.3 Å². The third kappa shape index (κ3) is 5.82. The van der Waals surface area contributed by atoms with Crippen LogP contribution in [-0.4, -0.2) is 32.2 Å². The number of ether oxygens (including phenoxy) is 3. The van der Waals surface area contributed by atoms with Crippen LogP contribution in [0.25, 0.3) is 0 Å². The van der Waals surface area contributed by atoms with E-state index in [1.807, 2.05) is 39.0 Å². The van der Waals surface area contributed by atoms with Crippen molar-refractivity contribution in [3.05, 3.63) is 58.7 Å². The summed E-state index contributed by atoms with van der Waals surface area (Å²) in [5.74, 6) is -0.340. The Hall–Kier alpha value is -2.86. The summed E-state index contributed by atoms with van der Waals surface area (Å²) in [6.07, 6.45) is 0. The van der Waals surface area contributed by atoms with Gasteiger partial charge in [0, 0.05) is 17.9 Å². The normalized spacial score (nSPS) is 10.4. The molecule has 0 saturated heterocycles. The molecule has 0 aliphatic heterocycles. The van der Waals surface area contributed by atoms with Gasteiger partial charge in [-0.15, -0.1) is 0 Å². The fourth-order valence-electron chi connectivity index (χ4n) is 2.46. The largest absolute Gasteiger partial charge is 0.496 e. The zero-order valence-electron chi connectivity index (χ0n) is 16.1. The summed E-state index contributed by atoms with van der Waals surface area (Å²) in [5.41, 5.74) is 3.96. The molecule has 0 aliphatic carbocycles. The van der Waals surface area contributed by atoms with Crippen molar-refractivity contribution in [3.63, 3.8) is 0 Å². The van der Waals surface area contributed by atoms with Gasteiger partial charge in [-0.3, -0.25) is 4.79 Å². The average Bonchev–Trinajstić information content (AvgIpc) is 2.67. The van der Waals surface area contributed by atoms with Crippen molar-refractivity contribution in [3.8, 4) is 5.75 Å². The lowest BCUT2D eigenvalue weighted by Crippen LogP contribution is -2.21. The van der Waals surface area contributed by atoms with Gasteiger partial charge in [-0.1, -0.05) is 6.07 Å². The molecule has 0 bridgehead atoms. The predicted molar refractivity (Wildman–Crippen MR) is 103 cm³/mol. The van der Waals surface area contributed by atoms with E-state index in [0.29, 0.717) is 30.2 Å². The van der Waals surface area contributed by atoms with E-state index in [2.05, 4.69) is 5.32 Å². The highest BCUT2D eigenvalue weighted by Crippen LogP contribution is 2.21. The molecule has 27 heavy (non-hydrogen) atoms.